The summed E-state index contributed by atoms with van der Waals surface area (Å²) in [4.78, 5) is 10.6. The van der Waals surface area contributed by atoms with Crippen molar-refractivity contribution in [2.75, 3.05) is 0 Å². The SMILES string of the molecule is CCC(CCC/C=C\C[C@@H]1[C@@H](/C=C/[C@@H](O)CCc2ccccc2)[C@H](O)C[C@@H]1O)N=O. The van der Waals surface area contributed by atoms with Crippen LogP contribution in [0.1, 0.15) is 57.4 Å². The molecule has 0 heterocycles. The fraction of sp³-hybridized carbons (Fsp3) is 0.600. The molecule has 0 aromatic heterocycles. The normalized spacial score (nSPS) is 26.4. The van der Waals surface area contributed by atoms with Gasteiger partial charge < -0.3 is 15.3 Å². The van der Waals surface area contributed by atoms with Gasteiger partial charge in [0.15, 0.2) is 0 Å². The zero-order chi connectivity index (χ0) is 21.8. The van der Waals surface area contributed by atoms with E-state index in [9.17, 15) is 20.2 Å². The third-order valence-electron chi connectivity index (χ3n) is 6.15. The van der Waals surface area contributed by atoms with E-state index < -0.39 is 18.3 Å². The number of nitroso groups, excluding NO2 is 1. The van der Waals surface area contributed by atoms with Crippen molar-refractivity contribution in [3.63, 3.8) is 0 Å². The molecule has 1 fully saturated rings. The van der Waals surface area contributed by atoms with Crippen molar-refractivity contribution in [3.05, 3.63) is 65.1 Å². The molecule has 1 aromatic rings. The van der Waals surface area contributed by atoms with Gasteiger partial charge in [-0.3, -0.25) is 0 Å². The van der Waals surface area contributed by atoms with Crippen LogP contribution in [0.15, 0.2) is 59.8 Å². The number of hydrogen-bond donors (Lipinski definition) is 3. The average Bonchev–Trinajstić information content (AvgIpc) is 3.03. The maximum atomic E-state index is 10.6. The van der Waals surface area contributed by atoms with Gasteiger partial charge in [0, 0.05) is 12.3 Å². The van der Waals surface area contributed by atoms with Crippen LogP contribution in [0, 0.1) is 16.7 Å². The predicted molar refractivity (Wildman–Crippen MR) is 121 cm³/mol. The molecule has 5 nitrogen and oxygen atoms in total. The average molecular weight is 416 g/mol. The van der Waals surface area contributed by atoms with Crippen molar-refractivity contribution in [1.82, 2.24) is 0 Å². The van der Waals surface area contributed by atoms with Crippen LogP contribution in [0.5, 0.6) is 0 Å². The van der Waals surface area contributed by atoms with Gasteiger partial charge in [-0.25, -0.2) is 0 Å². The number of nitrogens with zero attached hydrogens (tertiary/aromatic N) is 1. The highest BCUT2D eigenvalue weighted by Crippen LogP contribution is 2.36. The second-order valence-corrected chi connectivity index (χ2v) is 8.39. The smallest absolute Gasteiger partial charge is 0.0917 e. The first-order valence-corrected chi connectivity index (χ1v) is 11.3. The van der Waals surface area contributed by atoms with E-state index in [0.717, 1.165) is 32.1 Å². The molecule has 0 saturated heterocycles. The number of aryl methyl sites for hydroxylation is 1. The van der Waals surface area contributed by atoms with Crippen molar-refractivity contribution < 1.29 is 15.3 Å². The van der Waals surface area contributed by atoms with Gasteiger partial charge in [-0.2, -0.15) is 4.91 Å². The minimum absolute atomic E-state index is 0.0474. The van der Waals surface area contributed by atoms with E-state index >= 15 is 0 Å². The highest BCUT2D eigenvalue weighted by molar-refractivity contribution is 5.15. The van der Waals surface area contributed by atoms with Gasteiger partial charge in [-0.1, -0.05) is 66.7 Å². The Morgan fingerprint density at radius 1 is 1.13 bits per heavy atom. The summed E-state index contributed by atoms with van der Waals surface area (Å²) >= 11 is 0. The van der Waals surface area contributed by atoms with E-state index in [1.165, 1.54) is 5.56 Å². The second-order valence-electron chi connectivity index (χ2n) is 8.39. The molecular formula is C25H37NO4. The van der Waals surface area contributed by atoms with E-state index in [-0.39, 0.29) is 17.9 Å². The van der Waals surface area contributed by atoms with E-state index in [4.69, 9.17) is 0 Å². The molecule has 2 rings (SSSR count). The van der Waals surface area contributed by atoms with Gasteiger partial charge in [0.25, 0.3) is 0 Å². The molecule has 0 spiro atoms. The Morgan fingerprint density at radius 2 is 1.90 bits per heavy atom. The molecule has 30 heavy (non-hydrogen) atoms. The molecule has 5 heteroatoms. The van der Waals surface area contributed by atoms with Crippen LogP contribution in [0.4, 0.5) is 0 Å². The summed E-state index contributed by atoms with van der Waals surface area (Å²) in [5.74, 6) is -0.200. The zero-order valence-electron chi connectivity index (χ0n) is 18.0. The van der Waals surface area contributed by atoms with Crippen molar-refractivity contribution in [3.8, 4) is 0 Å². The summed E-state index contributed by atoms with van der Waals surface area (Å²) in [5, 5.41) is 34.1. The Bertz CT molecular complexity index is 660. The minimum Gasteiger partial charge on any atom is -0.393 e. The molecule has 1 unspecified atom stereocenters. The Hall–Kier alpha value is -1.82. The van der Waals surface area contributed by atoms with Crippen LogP contribution in [0.25, 0.3) is 0 Å². The summed E-state index contributed by atoms with van der Waals surface area (Å²) in [5.41, 5.74) is 1.19. The molecule has 1 aliphatic carbocycles. The molecule has 1 saturated carbocycles. The number of unbranched alkanes of at least 4 members (excludes halogenated alkanes) is 1. The quantitative estimate of drug-likeness (QED) is 0.250. The maximum Gasteiger partial charge on any atom is 0.0917 e. The van der Waals surface area contributed by atoms with Crippen LogP contribution < -0.4 is 0 Å². The fourth-order valence-electron chi connectivity index (χ4n) is 4.19. The van der Waals surface area contributed by atoms with Gasteiger partial charge in [-0.15, -0.1) is 0 Å². The van der Waals surface area contributed by atoms with E-state index in [1.54, 1.807) is 6.08 Å². The highest BCUT2D eigenvalue weighted by Gasteiger charge is 2.39. The molecule has 0 amide bonds. The van der Waals surface area contributed by atoms with Crippen molar-refractivity contribution in [1.29, 1.82) is 0 Å². The first-order valence-electron chi connectivity index (χ1n) is 11.3. The summed E-state index contributed by atoms with van der Waals surface area (Å²) in [7, 11) is 0. The Kier molecular flexibility index (Phi) is 11.0. The predicted octanol–water partition coefficient (Wildman–Crippen LogP) is 4.56. The third-order valence-corrected chi connectivity index (χ3v) is 6.15. The molecule has 6 atom stereocenters. The summed E-state index contributed by atoms with van der Waals surface area (Å²) < 4.78 is 0. The molecule has 0 radical (unpaired) electrons. The molecular weight excluding hydrogens is 378 g/mol. The third kappa shape index (κ3) is 8.13. The van der Waals surface area contributed by atoms with Crippen molar-refractivity contribution in [2.45, 2.75) is 82.6 Å². The van der Waals surface area contributed by atoms with Gasteiger partial charge in [0.1, 0.15) is 0 Å². The number of hydrogen-bond acceptors (Lipinski definition) is 5. The molecule has 166 valence electrons. The Labute approximate surface area is 180 Å². The second kappa shape index (κ2) is 13.5. The summed E-state index contributed by atoms with van der Waals surface area (Å²) in [6.45, 7) is 1.97. The zero-order valence-corrected chi connectivity index (χ0v) is 18.0. The Morgan fingerprint density at radius 3 is 2.60 bits per heavy atom. The monoisotopic (exact) mass is 415 g/mol. The van der Waals surface area contributed by atoms with Gasteiger partial charge >= 0.3 is 0 Å². The number of benzene rings is 1. The van der Waals surface area contributed by atoms with Crippen molar-refractivity contribution in [2.24, 2.45) is 17.0 Å². The van der Waals surface area contributed by atoms with E-state index in [1.807, 2.05) is 43.3 Å². The van der Waals surface area contributed by atoms with Crippen LogP contribution >= 0.6 is 0 Å². The number of aliphatic hydroxyl groups excluding tert-OH is 3. The van der Waals surface area contributed by atoms with Crippen LogP contribution in [-0.2, 0) is 6.42 Å². The molecule has 3 N–H and O–H groups in total. The lowest BCUT2D eigenvalue weighted by Crippen LogP contribution is -2.20. The first kappa shape index (κ1) is 24.4. The van der Waals surface area contributed by atoms with Gasteiger partial charge in [-0.05, 0) is 56.4 Å². The highest BCUT2D eigenvalue weighted by atomic mass is 16.3. The minimum atomic E-state index is -0.583. The van der Waals surface area contributed by atoms with Crippen LogP contribution in [0.3, 0.4) is 0 Å². The lowest BCUT2D eigenvalue weighted by atomic mass is 9.89. The van der Waals surface area contributed by atoms with Crippen LogP contribution in [0.2, 0.25) is 0 Å². The number of aliphatic hydroxyl groups is 3. The molecule has 0 bridgehead atoms. The Balaban J connectivity index is 1.79. The lowest BCUT2D eigenvalue weighted by molar-refractivity contribution is 0.120. The molecule has 1 aliphatic rings. The standard InChI is InChI=1S/C25H37NO4/c1-2-20(26-30)12-8-3-4-9-13-22-23(25(29)18-24(22)28)17-16-21(27)15-14-19-10-6-5-7-11-19/h4-7,9-11,16-17,20-25,27-29H,2-3,8,12-15,18H2,1H3/b9-4-,17-16+/t20?,21-,22+,23+,24-,25+/m0/s1. The number of allylic oxidation sites excluding steroid dienone is 2. The summed E-state index contributed by atoms with van der Waals surface area (Å²) in [6.07, 6.45) is 12.0. The summed E-state index contributed by atoms with van der Waals surface area (Å²) in [6, 6.07) is 9.97. The fourth-order valence-corrected chi connectivity index (χ4v) is 4.19. The van der Waals surface area contributed by atoms with Gasteiger partial charge in [0.05, 0.1) is 24.4 Å². The lowest BCUT2D eigenvalue weighted by Gasteiger charge is -2.19. The van der Waals surface area contributed by atoms with Gasteiger partial charge in [0.2, 0.25) is 0 Å². The van der Waals surface area contributed by atoms with Crippen LogP contribution in [-0.4, -0.2) is 39.7 Å². The van der Waals surface area contributed by atoms with Crippen molar-refractivity contribution >= 4 is 0 Å². The number of rotatable bonds is 13. The molecule has 1 aromatic carbocycles. The van der Waals surface area contributed by atoms with E-state index in [2.05, 4.69) is 17.3 Å². The topological polar surface area (TPSA) is 90.1 Å². The first-order chi connectivity index (χ1) is 14.5. The maximum absolute atomic E-state index is 10.6. The largest absolute Gasteiger partial charge is 0.393 e. The molecule has 0 aliphatic heterocycles. The van der Waals surface area contributed by atoms with E-state index in [0.29, 0.717) is 19.3 Å².